The molecular formula is C33H34N2O2. The molecule has 0 radical (unpaired) electrons. The smallest absolute Gasteiger partial charge is 0.193 e. The van der Waals surface area contributed by atoms with E-state index in [1.165, 1.54) is 11.1 Å². The molecule has 0 spiro atoms. The van der Waals surface area contributed by atoms with Gasteiger partial charge in [0.1, 0.15) is 0 Å². The third kappa shape index (κ3) is 7.81. The number of carbonyl (C=O) groups is 2. The molecule has 4 nitrogen and oxygen atoms in total. The Morgan fingerprint density at radius 2 is 0.973 bits per heavy atom. The van der Waals surface area contributed by atoms with E-state index in [0.717, 1.165) is 61.3 Å². The fourth-order valence-electron chi connectivity index (χ4n) is 4.22. The Morgan fingerprint density at radius 1 is 0.541 bits per heavy atom. The molecule has 0 aromatic heterocycles. The van der Waals surface area contributed by atoms with E-state index in [9.17, 15) is 9.59 Å². The summed E-state index contributed by atoms with van der Waals surface area (Å²) in [6.45, 7) is 3.75. The zero-order valence-corrected chi connectivity index (χ0v) is 21.4. The van der Waals surface area contributed by atoms with Crippen LogP contribution in [0.4, 0.5) is 0 Å². The number of nitrogens with zero attached hydrogens (tertiary/aromatic N) is 1. The predicted molar refractivity (Wildman–Crippen MR) is 150 cm³/mol. The first-order valence-electron chi connectivity index (χ1n) is 12.9. The number of nitrogens with one attached hydrogen (secondary N) is 1. The fourth-order valence-corrected chi connectivity index (χ4v) is 4.22. The molecule has 0 unspecified atom stereocenters. The minimum atomic E-state index is 0.0601. The number of likely N-dealkylation sites (N-methyl/N-ethyl adjacent to an activating group) is 1. The molecule has 4 aromatic rings. The molecule has 0 fully saturated rings. The van der Waals surface area contributed by atoms with Crippen molar-refractivity contribution in [2.75, 3.05) is 33.2 Å². The van der Waals surface area contributed by atoms with E-state index in [2.05, 4.69) is 29.4 Å². The Bertz CT molecular complexity index is 1270. The molecule has 4 aromatic carbocycles. The Morgan fingerprint density at radius 3 is 1.46 bits per heavy atom. The van der Waals surface area contributed by atoms with Crippen LogP contribution in [0.15, 0.2) is 109 Å². The van der Waals surface area contributed by atoms with Gasteiger partial charge in [-0.1, -0.05) is 109 Å². The van der Waals surface area contributed by atoms with Crippen LogP contribution >= 0.6 is 0 Å². The van der Waals surface area contributed by atoms with E-state index < -0.39 is 0 Å². The van der Waals surface area contributed by atoms with Crippen LogP contribution in [0.5, 0.6) is 0 Å². The highest BCUT2D eigenvalue weighted by atomic mass is 16.1. The number of ketones is 2. The molecule has 0 amide bonds. The van der Waals surface area contributed by atoms with Crippen LogP contribution in [-0.2, 0) is 12.8 Å². The van der Waals surface area contributed by atoms with Crippen LogP contribution in [0, 0.1) is 0 Å². The minimum absolute atomic E-state index is 0.0601. The second-order valence-corrected chi connectivity index (χ2v) is 9.34. The second kappa shape index (κ2) is 13.4. The van der Waals surface area contributed by atoms with E-state index in [-0.39, 0.29) is 11.6 Å². The van der Waals surface area contributed by atoms with Gasteiger partial charge in [-0.15, -0.1) is 0 Å². The summed E-state index contributed by atoms with van der Waals surface area (Å²) in [5, 5.41) is 3.52. The monoisotopic (exact) mass is 490 g/mol. The average molecular weight is 491 g/mol. The topological polar surface area (TPSA) is 49.4 Å². The van der Waals surface area contributed by atoms with Crippen LogP contribution in [-0.4, -0.2) is 49.7 Å². The Kier molecular flexibility index (Phi) is 9.53. The van der Waals surface area contributed by atoms with Crippen molar-refractivity contribution in [2.45, 2.75) is 12.8 Å². The maximum atomic E-state index is 12.6. The number of rotatable bonds is 13. The molecule has 0 aliphatic carbocycles. The van der Waals surface area contributed by atoms with Gasteiger partial charge in [-0.25, -0.2) is 0 Å². The van der Waals surface area contributed by atoms with Gasteiger partial charge < -0.3 is 10.2 Å². The lowest BCUT2D eigenvalue weighted by molar-refractivity contribution is 0.103. The highest BCUT2D eigenvalue weighted by Gasteiger charge is 2.09. The first kappa shape index (κ1) is 26.2. The van der Waals surface area contributed by atoms with Gasteiger partial charge in [0, 0.05) is 41.9 Å². The van der Waals surface area contributed by atoms with Gasteiger partial charge in [0.25, 0.3) is 0 Å². The molecule has 4 heteroatoms. The summed E-state index contributed by atoms with van der Waals surface area (Å²) in [7, 11) is 2.14. The van der Waals surface area contributed by atoms with Gasteiger partial charge in [-0.05, 0) is 37.6 Å². The molecule has 0 bridgehead atoms. The highest BCUT2D eigenvalue weighted by Crippen LogP contribution is 2.13. The molecule has 0 saturated carbocycles. The largest absolute Gasteiger partial charge is 0.315 e. The maximum absolute atomic E-state index is 12.6. The zero-order valence-electron chi connectivity index (χ0n) is 21.4. The Hall–Kier alpha value is -3.86. The molecule has 0 saturated heterocycles. The molecule has 0 aliphatic rings. The molecule has 0 aliphatic heterocycles. The van der Waals surface area contributed by atoms with Crippen molar-refractivity contribution < 1.29 is 9.59 Å². The van der Waals surface area contributed by atoms with Crippen LogP contribution in [0.25, 0.3) is 0 Å². The molecule has 0 heterocycles. The lowest BCUT2D eigenvalue weighted by atomic mass is 10.0. The number of hydrogen-bond donors (Lipinski definition) is 1. The quantitative estimate of drug-likeness (QED) is 0.200. The van der Waals surface area contributed by atoms with E-state index in [4.69, 9.17) is 0 Å². The molecule has 37 heavy (non-hydrogen) atoms. The normalized spacial score (nSPS) is 11.0. The Labute approximate surface area is 220 Å². The number of hydrogen-bond acceptors (Lipinski definition) is 4. The standard InChI is InChI=1S/C33H34N2O2/c1-35(24-21-27-14-18-31(19-15-27)33(37)29-10-6-3-7-11-29)25-23-34-22-20-26-12-16-30(17-13-26)32(36)28-8-4-2-5-9-28/h2-19,34H,20-25H2,1H3. The summed E-state index contributed by atoms with van der Waals surface area (Å²) in [5.74, 6) is 0.122. The van der Waals surface area contributed by atoms with Crippen molar-refractivity contribution >= 4 is 11.6 Å². The molecule has 4 rings (SSSR count). The van der Waals surface area contributed by atoms with E-state index in [1.54, 1.807) is 0 Å². The van der Waals surface area contributed by atoms with Gasteiger partial charge >= 0.3 is 0 Å². The first-order valence-corrected chi connectivity index (χ1v) is 12.9. The lowest BCUT2D eigenvalue weighted by Gasteiger charge is -2.17. The minimum Gasteiger partial charge on any atom is -0.315 e. The Balaban J connectivity index is 1.12. The zero-order chi connectivity index (χ0) is 25.9. The fraction of sp³-hybridized carbons (Fsp3) is 0.212. The SMILES string of the molecule is CN(CCNCCc1ccc(C(=O)c2ccccc2)cc1)CCc1ccc(C(=O)c2ccccc2)cc1. The van der Waals surface area contributed by atoms with E-state index in [0.29, 0.717) is 0 Å². The summed E-state index contributed by atoms with van der Waals surface area (Å²) in [4.78, 5) is 27.4. The van der Waals surface area contributed by atoms with E-state index >= 15 is 0 Å². The van der Waals surface area contributed by atoms with Crippen molar-refractivity contribution in [3.63, 3.8) is 0 Å². The van der Waals surface area contributed by atoms with Crippen LogP contribution in [0.1, 0.15) is 43.0 Å². The van der Waals surface area contributed by atoms with Crippen LogP contribution < -0.4 is 5.32 Å². The summed E-state index contributed by atoms with van der Waals surface area (Å²) >= 11 is 0. The molecule has 1 N–H and O–H groups in total. The molecule has 188 valence electrons. The summed E-state index contributed by atoms with van der Waals surface area (Å²) in [5.41, 5.74) is 5.35. The number of benzene rings is 4. The third-order valence-electron chi connectivity index (χ3n) is 6.55. The lowest BCUT2D eigenvalue weighted by Crippen LogP contribution is -2.31. The average Bonchev–Trinajstić information content (AvgIpc) is 2.96. The van der Waals surface area contributed by atoms with Gasteiger partial charge in [0.2, 0.25) is 0 Å². The van der Waals surface area contributed by atoms with Gasteiger partial charge in [0.05, 0.1) is 0 Å². The molecular weight excluding hydrogens is 456 g/mol. The summed E-state index contributed by atoms with van der Waals surface area (Å²) in [6, 6.07) is 34.7. The van der Waals surface area contributed by atoms with Crippen molar-refractivity contribution in [1.29, 1.82) is 0 Å². The highest BCUT2D eigenvalue weighted by molar-refractivity contribution is 6.09. The van der Waals surface area contributed by atoms with Crippen LogP contribution in [0.2, 0.25) is 0 Å². The van der Waals surface area contributed by atoms with Gasteiger partial charge in [-0.2, -0.15) is 0 Å². The van der Waals surface area contributed by atoms with Crippen molar-refractivity contribution in [2.24, 2.45) is 0 Å². The predicted octanol–water partition coefficient (Wildman–Crippen LogP) is 5.46. The first-order chi connectivity index (χ1) is 18.1. The third-order valence-corrected chi connectivity index (χ3v) is 6.55. The number of carbonyl (C=O) groups excluding carboxylic acids is 2. The van der Waals surface area contributed by atoms with Crippen molar-refractivity contribution in [3.8, 4) is 0 Å². The summed E-state index contributed by atoms with van der Waals surface area (Å²) < 4.78 is 0. The maximum Gasteiger partial charge on any atom is 0.193 e. The van der Waals surface area contributed by atoms with Gasteiger partial charge in [0.15, 0.2) is 11.6 Å². The van der Waals surface area contributed by atoms with Crippen molar-refractivity contribution in [3.05, 3.63) is 143 Å². The van der Waals surface area contributed by atoms with E-state index in [1.807, 2.05) is 97.1 Å². The van der Waals surface area contributed by atoms with Gasteiger partial charge in [-0.3, -0.25) is 9.59 Å². The second-order valence-electron chi connectivity index (χ2n) is 9.34. The molecule has 0 atom stereocenters. The summed E-state index contributed by atoms with van der Waals surface area (Å²) in [6.07, 6.45) is 1.88. The van der Waals surface area contributed by atoms with Crippen molar-refractivity contribution in [1.82, 2.24) is 10.2 Å². The van der Waals surface area contributed by atoms with Crippen LogP contribution in [0.3, 0.4) is 0 Å².